The topological polar surface area (TPSA) is 0 Å². The van der Waals surface area contributed by atoms with Crippen LogP contribution in [-0.2, 0) is 0 Å². The SMILES string of the molecule is C=CCCC(C)C=CCC. The Bertz CT molecular complexity index is 101. The van der Waals surface area contributed by atoms with Crippen molar-refractivity contribution in [1.82, 2.24) is 0 Å². The number of hydrogen-bond acceptors (Lipinski definition) is 0. The molecule has 0 heterocycles. The molecule has 0 radical (unpaired) electrons. The molecule has 0 spiro atoms. The van der Waals surface area contributed by atoms with Gasteiger partial charge in [-0.15, -0.1) is 6.58 Å². The summed E-state index contributed by atoms with van der Waals surface area (Å²) in [5.41, 5.74) is 0. The molecule has 0 bridgehead atoms. The van der Waals surface area contributed by atoms with Gasteiger partial charge in [0.05, 0.1) is 0 Å². The molecule has 58 valence electrons. The number of hydrogen-bond donors (Lipinski definition) is 0. The summed E-state index contributed by atoms with van der Waals surface area (Å²) < 4.78 is 0. The maximum atomic E-state index is 3.69. The molecule has 0 aliphatic rings. The maximum Gasteiger partial charge on any atom is -0.0259 e. The third-order valence-electron chi connectivity index (χ3n) is 1.53. The number of rotatable bonds is 5. The second kappa shape index (κ2) is 6.60. The van der Waals surface area contributed by atoms with Crippen LogP contribution in [0.4, 0.5) is 0 Å². The van der Waals surface area contributed by atoms with Gasteiger partial charge in [-0.05, 0) is 25.2 Å². The lowest BCUT2D eigenvalue weighted by atomic mass is 10.1. The first-order valence-electron chi connectivity index (χ1n) is 4.08. The van der Waals surface area contributed by atoms with Crippen LogP contribution in [0, 0.1) is 5.92 Å². The minimum absolute atomic E-state index is 0.720. The molecule has 0 saturated heterocycles. The monoisotopic (exact) mass is 138 g/mol. The summed E-state index contributed by atoms with van der Waals surface area (Å²) in [6.45, 7) is 8.10. The van der Waals surface area contributed by atoms with Gasteiger partial charge in [-0.3, -0.25) is 0 Å². The number of allylic oxidation sites excluding steroid dienone is 3. The highest BCUT2D eigenvalue weighted by molar-refractivity contribution is 4.86. The summed E-state index contributed by atoms with van der Waals surface area (Å²) in [7, 11) is 0. The minimum Gasteiger partial charge on any atom is -0.103 e. The van der Waals surface area contributed by atoms with Gasteiger partial charge in [0.2, 0.25) is 0 Å². The van der Waals surface area contributed by atoms with Crippen LogP contribution in [0.2, 0.25) is 0 Å². The average molecular weight is 138 g/mol. The Balaban J connectivity index is 3.32. The summed E-state index contributed by atoms with van der Waals surface area (Å²) in [5.74, 6) is 0.720. The second-order valence-electron chi connectivity index (χ2n) is 2.68. The lowest BCUT2D eigenvalue weighted by Gasteiger charge is -2.01. The molecule has 0 heteroatoms. The summed E-state index contributed by atoms with van der Waals surface area (Å²) in [6, 6.07) is 0. The predicted octanol–water partition coefficient (Wildman–Crippen LogP) is 3.55. The van der Waals surface area contributed by atoms with Crippen molar-refractivity contribution in [1.29, 1.82) is 0 Å². The van der Waals surface area contributed by atoms with E-state index in [2.05, 4.69) is 32.6 Å². The van der Waals surface area contributed by atoms with Gasteiger partial charge in [-0.25, -0.2) is 0 Å². The zero-order valence-electron chi connectivity index (χ0n) is 7.14. The van der Waals surface area contributed by atoms with Crippen molar-refractivity contribution in [3.8, 4) is 0 Å². The molecule has 0 rings (SSSR count). The van der Waals surface area contributed by atoms with Crippen molar-refractivity contribution in [2.45, 2.75) is 33.1 Å². The van der Waals surface area contributed by atoms with Gasteiger partial charge in [0, 0.05) is 0 Å². The van der Waals surface area contributed by atoms with Crippen molar-refractivity contribution in [3.05, 3.63) is 24.8 Å². The van der Waals surface area contributed by atoms with Gasteiger partial charge in [-0.1, -0.05) is 32.1 Å². The van der Waals surface area contributed by atoms with Crippen LogP contribution < -0.4 is 0 Å². The molecular formula is C10H18. The molecule has 0 aliphatic heterocycles. The Morgan fingerprint density at radius 3 is 2.70 bits per heavy atom. The van der Waals surface area contributed by atoms with Gasteiger partial charge < -0.3 is 0 Å². The fraction of sp³-hybridized carbons (Fsp3) is 0.600. The predicted molar refractivity (Wildman–Crippen MR) is 48.0 cm³/mol. The summed E-state index contributed by atoms with van der Waals surface area (Å²) in [6.07, 6.45) is 10.0. The largest absolute Gasteiger partial charge is 0.103 e. The molecule has 0 fully saturated rings. The van der Waals surface area contributed by atoms with Crippen molar-refractivity contribution in [2.75, 3.05) is 0 Å². The first-order chi connectivity index (χ1) is 4.81. The lowest BCUT2D eigenvalue weighted by Crippen LogP contribution is -1.86. The Kier molecular flexibility index (Phi) is 6.25. The molecule has 0 nitrogen and oxygen atoms in total. The standard InChI is InChI=1S/C10H18/c1-4-6-8-10(3)9-7-5-2/h4,7,9-10H,1,5-6,8H2,2-3H3. The van der Waals surface area contributed by atoms with Crippen molar-refractivity contribution in [3.63, 3.8) is 0 Å². The van der Waals surface area contributed by atoms with E-state index in [1.54, 1.807) is 0 Å². The summed E-state index contributed by atoms with van der Waals surface area (Å²) in [5, 5.41) is 0. The van der Waals surface area contributed by atoms with Crippen LogP contribution in [0.3, 0.4) is 0 Å². The van der Waals surface area contributed by atoms with E-state index in [0.717, 1.165) is 18.8 Å². The molecule has 0 aliphatic carbocycles. The summed E-state index contributed by atoms with van der Waals surface area (Å²) in [4.78, 5) is 0. The van der Waals surface area contributed by atoms with Gasteiger partial charge in [0.25, 0.3) is 0 Å². The van der Waals surface area contributed by atoms with Crippen LogP contribution in [0.5, 0.6) is 0 Å². The zero-order chi connectivity index (χ0) is 7.82. The van der Waals surface area contributed by atoms with Crippen molar-refractivity contribution >= 4 is 0 Å². The van der Waals surface area contributed by atoms with E-state index in [1.807, 2.05) is 6.08 Å². The van der Waals surface area contributed by atoms with E-state index in [0.29, 0.717) is 0 Å². The van der Waals surface area contributed by atoms with E-state index in [4.69, 9.17) is 0 Å². The first-order valence-corrected chi connectivity index (χ1v) is 4.08. The fourth-order valence-corrected chi connectivity index (χ4v) is 0.845. The van der Waals surface area contributed by atoms with Gasteiger partial charge in [-0.2, -0.15) is 0 Å². The van der Waals surface area contributed by atoms with Gasteiger partial charge in [0.15, 0.2) is 0 Å². The van der Waals surface area contributed by atoms with Crippen molar-refractivity contribution < 1.29 is 0 Å². The zero-order valence-corrected chi connectivity index (χ0v) is 7.14. The third kappa shape index (κ3) is 5.61. The van der Waals surface area contributed by atoms with Gasteiger partial charge in [0.1, 0.15) is 0 Å². The lowest BCUT2D eigenvalue weighted by molar-refractivity contribution is 0.656. The van der Waals surface area contributed by atoms with Gasteiger partial charge >= 0.3 is 0 Å². The van der Waals surface area contributed by atoms with Crippen LogP contribution in [0.25, 0.3) is 0 Å². The molecule has 0 saturated carbocycles. The van der Waals surface area contributed by atoms with E-state index in [9.17, 15) is 0 Å². The van der Waals surface area contributed by atoms with Crippen LogP contribution in [0.1, 0.15) is 33.1 Å². The van der Waals surface area contributed by atoms with E-state index >= 15 is 0 Å². The second-order valence-corrected chi connectivity index (χ2v) is 2.68. The Labute approximate surface area is 64.6 Å². The normalized spacial score (nSPS) is 13.8. The molecule has 0 aromatic heterocycles. The average Bonchev–Trinajstić information content (AvgIpc) is 1.97. The van der Waals surface area contributed by atoms with Crippen LogP contribution >= 0.6 is 0 Å². The first kappa shape index (κ1) is 9.48. The highest BCUT2D eigenvalue weighted by Gasteiger charge is 1.92. The Morgan fingerprint density at radius 1 is 1.50 bits per heavy atom. The summed E-state index contributed by atoms with van der Waals surface area (Å²) >= 11 is 0. The molecule has 0 N–H and O–H groups in total. The van der Waals surface area contributed by atoms with E-state index in [-0.39, 0.29) is 0 Å². The Morgan fingerprint density at radius 2 is 2.20 bits per heavy atom. The fourth-order valence-electron chi connectivity index (χ4n) is 0.845. The molecule has 0 amide bonds. The molecule has 0 aromatic carbocycles. The quantitative estimate of drug-likeness (QED) is 0.510. The van der Waals surface area contributed by atoms with Crippen LogP contribution in [0.15, 0.2) is 24.8 Å². The molecule has 1 atom stereocenters. The minimum atomic E-state index is 0.720. The maximum absolute atomic E-state index is 3.69. The Hall–Kier alpha value is -0.520. The third-order valence-corrected chi connectivity index (χ3v) is 1.53. The van der Waals surface area contributed by atoms with Crippen LogP contribution in [-0.4, -0.2) is 0 Å². The van der Waals surface area contributed by atoms with Crippen molar-refractivity contribution in [2.24, 2.45) is 5.92 Å². The molecule has 1 unspecified atom stereocenters. The molecule has 10 heavy (non-hydrogen) atoms. The highest BCUT2D eigenvalue weighted by atomic mass is 14.0. The highest BCUT2D eigenvalue weighted by Crippen LogP contribution is 2.07. The van der Waals surface area contributed by atoms with E-state index in [1.165, 1.54) is 6.42 Å². The van der Waals surface area contributed by atoms with E-state index < -0.39 is 0 Å². The smallest absolute Gasteiger partial charge is 0.0259 e. The molecular weight excluding hydrogens is 120 g/mol. The molecule has 0 aromatic rings.